The lowest BCUT2D eigenvalue weighted by molar-refractivity contribution is -0.153. The second-order valence-corrected chi connectivity index (χ2v) is 6.16. The molecule has 0 radical (unpaired) electrons. The summed E-state index contributed by atoms with van der Waals surface area (Å²) in [5.74, 6) is -0.246. The zero-order valence-electron chi connectivity index (χ0n) is 13.1. The minimum atomic E-state index is -0.488. The number of benzene rings is 2. The van der Waals surface area contributed by atoms with Crippen LogP contribution in [0.5, 0.6) is 0 Å². The van der Waals surface area contributed by atoms with Crippen molar-refractivity contribution in [3.05, 3.63) is 59.7 Å². The topological polar surface area (TPSA) is 43.4 Å². The van der Waals surface area contributed by atoms with Gasteiger partial charge in [-0.3, -0.25) is 9.59 Å². The van der Waals surface area contributed by atoms with Crippen molar-refractivity contribution in [1.29, 1.82) is 0 Å². The zero-order valence-corrected chi connectivity index (χ0v) is 13.1. The van der Waals surface area contributed by atoms with E-state index in [1.807, 2.05) is 57.2 Å². The summed E-state index contributed by atoms with van der Waals surface area (Å²) in [6.45, 7) is 5.57. The van der Waals surface area contributed by atoms with Gasteiger partial charge in [-0.05, 0) is 37.5 Å². The summed E-state index contributed by atoms with van der Waals surface area (Å²) >= 11 is 0. The van der Waals surface area contributed by atoms with Crippen LogP contribution in [0.3, 0.4) is 0 Å². The molecule has 0 heterocycles. The van der Waals surface area contributed by atoms with E-state index in [2.05, 4.69) is 0 Å². The maximum absolute atomic E-state index is 12.0. The summed E-state index contributed by atoms with van der Waals surface area (Å²) in [7, 11) is 0. The number of carbonyl (C=O) groups excluding carboxylic acids is 2. The van der Waals surface area contributed by atoms with Gasteiger partial charge in [0.05, 0.1) is 6.42 Å². The molecule has 0 saturated carbocycles. The van der Waals surface area contributed by atoms with Crippen LogP contribution in [0, 0.1) is 0 Å². The van der Waals surface area contributed by atoms with E-state index in [0.717, 1.165) is 23.0 Å². The normalized spacial score (nSPS) is 11.0. The molecule has 3 heteroatoms. The van der Waals surface area contributed by atoms with Crippen LogP contribution in [0.2, 0.25) is 0 Å². The third kappa shape index (κ3) is 4.29. The number of hydrogen-bond donors (Lipinski definition) is 0. The first-order valence-corrected chi connectivity index (χ1v) is 7.24. The van der Waals surface area contributed by atoms with E-state index in [0.29, 0.717) is 5.56 Å². The zero-order chi connectivity index (χ0) is 16.2. The molecule has 2 aromatic carbocycles. The molecule has 0 N–H and O–H groups in total. The Bertz CT molecular complexity index is 664. The van der Waals surface area contributed by atoms with Gasteiger partial charge in [0.1, 0.15) is 11.9 Å². The van der Waals surface area contributed by atoms with Gasteiger partial charge in [-0.15, -0.1) is 0 Å². The maximum atomic E-state index is 12.0. The van der Waals surface area contributed by atoms with Gasteiger partial charge in [0.2, 0.25) is 0 Å². The van der Waals surface area contributed by atoms with E-state index in [9.17, 15) is 9.59 Å². The number of ether oxygens (including phenoxy) is 1. The Morgan fingerprint density at radius 3 is 2.27 bits per heavy atom. The molecule has 0 aliphatic heterocycles. The van der Waals surface area contributed by atoms with Crippen molar-refractivity contribution in [3.8, 4) is 11.1 Å². The lowest BCUT2D eigenvalue weighted by Gasteiger charge is -2.20. The number of esters is 1. The molecule has 0 atom stereocenters. The molecule has 0 saturated heterocycles. The molecule has 2 aromatic rings. The summed E-state index contributed by atoms with van der Waals surface area (Å²) in [5.41, 5.74) is 3.01. The van der Waals surface area contributed by atoms with Gasteiger partial charge in [0.25, 0.3) is 0 Å². The summed E-state index contributed by atoms with van der Waals surface area (Å²) in [4.78, 5) is 22.8. The fourth-order valence-electron chi connectivity index (χ4n) is 2.23. The maximum Gasteiger partial charge on any atom is 0.310 e. The average molecular weight is 296 g/mol. The molecule has 0 aliphatic rings. The highest BCUT2D eigenvalue weighted by molar-refractivity contribution is 5.80. The second-order valence-electron chi connectivity index (χ2n) is 6.16. The van der Waals surface area contributed by atoms with Gasteiger partial charge in [-0.1, -0.05) is 48.5 Å². The van der Waals surface area contributed by atoms with Gasteiger partial charge < -0.3 is 4.74 Å². The van der Waals surface area contributed by atoms with Crippen molar-refractivity contribution in [2.75, 3.05) is 0 Å². The number of aldehydes is 1. The molecule has 0 amide bonds. The first kappa shape index (κ1) is 16.0. The Hall–Kier alpha value is -2.42. The molecule has 0 unspecified atom stereocenters. The van der Waals surface area contributed by atoms with Crippen molar-refractivity contribution in [3.63, 3.8) is 0 Å². The Morgan fingerprint density at radius 1 is 1.05 bits per heavy atom. The van der Waals surface area contributed by atoms with Crippen molar-refractivity contribution >= 4 is 12.3 Å². The van der Waals surface area contributed by atoms with Crippen LogP contribution in [0.15, 0.2) is 48.5 Å². The summed E-state index contributed by atoms with van der Waals surface area (Å²) in [5, 5.41) is 0. The molecule has 0 fully saturated rings. The fraction of sp³-hybridized carbons (Fsp3) is 0.263. The monoisotopic (exact) mass is 296 g/mol. The molecule has 0 spiro atoms. The summed E-state index contributed by atoms with van der Waals surface area (Å²) in [6.07, 6.45) is 1.04. The minimum absolute atomic E-state index is 0.225. The van der Waals surface area contributed by atoms with Gasteiger partial charge in [-0.25, -0.2) is 0 Å². The van der Waals surface area contributed by atoms with Crippen LogP contribution in [0.4, 0.5) is 0 Å². The van der Waals surface area contributed by atoms with Crippen molar-refractivity contribution < 1.29 is 14.3 Å². The molecule has 2 rings (SSSR count). The first-order chi connectivity index (χ1) is 10.4. The molecular weight excluding hydrogens is 276 g/mol. The van der Waals surface area contributed by atoms with Crippen molar-refractivity contribution in [2.24, 2.45) is 0 Å². The largest absolute Gasteiger partial charge is 0.460 e. The average Bonchev–Trinajstić information content (AvgIpc) is 2.46. The fourth-order valence-corrected chi connectivity index (χ4v) is 2.23. The van der Waals surface area contributed by atoms with E-state index in [1.54, 1.807) is 12.1 Å². The van der Waals surface area contributed by atoms with Gasteiger partial charge in [0, 0.05) is 5.56 Å². The lowest BCUT2D eigenvalue weighted by atomic mass is 9.97. The summed E-state index contributed by atoms with van der Waals surface area (Å²) < 4.78 is 5.38. The van der Waals surface area contributed by atoms with Crippen molar-refractivity contribution in [1.82, 2.24) is 0 Å². The van der Waals surface area contributed by atoms with Gasteiger partial charge >= 0.3 is 5.97 Å². The van der Waals surface area contributed by atoms with E-state index in [1.165, 1.54) is 0 Å². The highest BCUT2D eigenvalue weighted by Gasteiger charge is 2.17. The van der Waals surface area contributed by atoms with Crippen LogP contribution in [-0.4, -0.2) is 17.9 Å². The number of rotatable bonds is 4. The SMILES string of the molecule is CC(C)(C)OC(=O)Cc1ccccc1-c1ccc(C=O)cc1. The van der Waals surface area contributed by atoms with Crippen molar-refractivity contribution in [2.45, 2.75) is 32.8 Å². The standard InChI is InChI=1S/C19H20O3/c1-19(2,3)22-18(21)12-16-6-4-5-7-17(16)15-10-8-14(13-20)9-11-15/h4-11,13H,12H2,1-3H3. The molecule has 0 aliphatic carbocycles. The molecule has 22 heavy (non-hydrogen) atoms. The Balaban J connectivity index is 2.26. The predicted molar refractivity (Wildman–Crippen MR) is 86.8 cm³/mol. The third-order valence-electron chi connectivity index (χ3n) is 3.13. The summed E-state index contributed by atoms with van der Waals surface area (Å²) in [6, 6.07) is 15.0. The molecule has 3 nitrogen and oxygen atoms in total. The number of hydrogen-bond acceptors (Lipinski definition) is 3. The van der Waals surface area contributed by atoms with E-state index in [4.69, 9.17) is 4.74 Å². The first-order valence-electron chi connectivity index (χ1n) is 7.24. The van der Waals surface area contributed by atoms with E-state index in [-0.39, 0.29) is 12.4 Å². The number of carbonyl (C=O) groups is 2. The minimum Gasteiger partial charge on any atom is -0.460 e. The van der Waals surface area contributed by atoms with E-state index >= 15 is 0 Å². The van der Waals surface area contributed by atoms with Crippen LogP contribution in [0.1, 0.15) is 36.7 Å². The van der Waals surface area contributed by atoms with Crippen LogP contribution < -0.4 is 0 Å². The van der Waals surface area contributed by atoms with Gasteiger partial charge in [0.15, 0.2) is 0 Å². The Kier molecular flexibility index (Phi) is 4.76. The second kappa shape index (κ2) is 6.56. The Labute approximate surface area is 130 Å². The van der Waals surface area contributed by atoms with Gasteiger partial charge in [-0.2, -0.15) is 0 Å². The highest BCUT2D eigenvalue weighted by atomic mass is 16.6. The Morgan fingerprint density at radius 2 is 1.68 bits per heavy atom. The van der Waals surface area contributed by atoms with Crippen LogP contribution >= 0.6 is 0 Å². The molecule has 114 valence electrons. The molecule has 0 aromatic heterocycles. The molecule has 0 bridgehead atoms. The van der Waals surface area contributed by atoms with E-state index < -0.39 is 5.60 Å². The van der Waals surface area contributed by atoms with Crippen LogP contribution in [-0.2, 0) is 16.0 Å². The predicted octanol–water partition coefficient (Wildman–Crippen LogP) is 4.05. The molecular formula is C19H20O3. The quantitative estimate of drug-likeness (QED) is 0.631. The van der Waals surface area contributed by atoms with Crippen LogP contribution in [0.25, 0.3) is 11.1 Å². The lowest BCUT2D eigenvalue weighted by Crippen LogP contribution is -2.25. The third-order valence-corrected chi connectivity index (χ3v) is 3.13. The highest BCUT2D eigenvalue weighted by Crippen LogP contribution is 2.25. The smallest absolute Gasteiger partial charge is 0.310 e.